The fourth-order valence-corrected chi connectivity index (χ4v) is 15.5. The van der Waals surface area contributed by atoms with E-state index < -0.39 is 116 Å². The largest absolute Gasteiger partial charge is 0.460 e. The highest BCUT2D eigenvalue weighted by Crippen LogP contribution is 2.70. The van der Waals surface area contributed by atoms with Crippen molar-refractivity contribution in [3.8, 4) is 0 Å². The third-order valence-corrected chi connectivity index (χ3v) is 20.1. The molecule has 5 saturated carbocycles. The van der Waals surface area contributed by atoms with Gasteiger partial charge in [-0.3, -0.25) is 4.18 Å². The van der Waals surface area contributed by atoms with Crippen molar-refractivity contribution in [2.45, 2.75) is 149 Å². The van der Waals surface area contributed by atoms with Crippen molar-refractivity contribution < 1.29 is 57.2 Å². The van der Waals surface area contributed by atoms with Gasteiger partial charge in [0.1, 0.15) is 36.4 Å². The van der Waals surface area contributed by atoms with Crippen LogP contribution in [-0.4, -0.2) is 95.7 Å². The quantitative estimate of drug-likeness (QED) is 0.0959. The summed E-state index contributed by atoms with van der Waals surface area (Å²) >= 11 is 0. The Morgan fingerprint density at radius 1 is 0.844 bits per heavy atom. The Labute approximate surface area is 380 Å². The van der Waals surface area contributed by atoms with E-state index in [9.17, 15) is 43.5 Å². The number of allylic oxidation sites excluding steroid dienone is 3. The standard InChI is InChI=1S/C51H72O12S/c1-11-46(7)25-39(62-41(55)28-53)49(10)31(4)17-22-51(33(6)44(46)57)24-35(42(56)43(49)51)63-64(59,60)36-15-14-29(2)23-34(36)18-20-47(8)26-38(61-40(54)27-52)48(9)30(3)16-21-50(32(5)45(47)58)19-12-13-37(48)50/h11-15,18-20,23,30-33,35,38-39,42-45,52-53,56-58H,1,16-17,21-22,24-28H2,2-10H3/b20-18+/t30?,31?,32-,33-,35?,38+,39+,42?,43?,44-,45-,46+,47+,48+,49-,50+,51-/m0/s1. The molecule has 13 heteroatoms. The molecule has 0 radical (unpaired) electrons. The molecule has 0 aliphatic heterocycles. The maximum Gasteiger partial charge on any atom is 0.332 e. The number of rotatable bonds is 10. The smallest absolute Gasteiger partial charge is 0.332 e. The van der Waals surface area contributed by atoms with Gasteiger partial charge >= 0.3 is 11.9 Å². The molecule has 5 unspecified atom stereocenters. The van der Waals surface area contributed by atoms with Gasteiger partial charge in [0.25, 0.3) is 10.1 Å². The summed E-state index contributed by atoms with van der Waals surface area (Å²) in [6.07, 6.45) is 8.76. The minimum absolute atomic E-state index is 0.103. The molecule has 6 aliphatic rings. The monoisotopic (exact) mass is 908 g/mol. The van der Waals surface area contributed by atoms with Crippen molar-refractivity contribution in [2.24, 2.45) is 62.1 Å². The third-order valence-electron chi connectivity index (χ3n) is 18.7. The number of carbonyl (C=O) groups excluding carboxylic acids is 2. The number of aliphatic hydroxyl groups is 5. The van der Waals surface area contributed by atoms with E-state index in [1.54, 1.807) is 24.3 Å². The van der Waals surface area contributed by atoms with Gasteiger partial charge in [0.2, 0.25) is 0 Å². The number of carbonyl (C=O) groups is 2. The second-order valence-electron chi connectivity index (χ2n) is 21.7. The van der Waals surface area contributed by atoms with Gasteiger partial charge in [0.05, 0.1) is 18.3 Å². The first-order chi connectivity index (χ1) is 29.8. The summed E-state index contributed by atoms with van der Waals surface area (Å²) in [5.74, 6) is -2.94. The fraction of sp³-hybridized carbons (Fsp3) is 0.686. The molecule has 12 nitrogen and oxygen atoms in total. The summed E-state index contributed by atoms with van der Waals surface area (Å²) < 4.78 is 48.0. The maximum atomic E-state index is 14.8. The second-order valence-corrected chi connectivity index (χ2v) is 23.3. The maximum absolute atomic E-state index is 14.8. The lowest BCUT2D eigenvalue weighted by molar-refractivity contribution is -0.220. The van der Waals surface area contributed by atoms with Crippen LogP contribution < -0.4 is 0 Å². The number of ether oxygens (including phenoxy) is 2. The lowest BCUT2D eigenvalue weighted by Gasteiger charge is -2.62. The summed E-state index contributed by atoms with van der Waals surface area (Å²) in [7, 11) is -4.61. The van der Waals surface area contributed by atoms with Gasteiger partial charge in [-0.05, 0) is 98.2 Å². The average molecular weight is 909 g/mol. The van der Waals surface area contributed by atoms with Gasteiger partial charge in [0.15, 0.2) is 0 Å². The van der Waals surface area contributed by atoms with Crippen molar-refractivity contribution in [1.82, 2.24) is 0 Å². The number of hydrogen-bond donors (Lipinski definition) is 5. The van der Waals surface area contributed by atoms with Crippen LogP contribution in [0.3, 0.4) is 0 Å². The van der Waals surface area contributed by atoms with E-state index in [0.717, 1.165) is 24.0 Å². The van der Waals surface area contributed by atoms with Crippen LogP contribution in [0, 0.1) is 69.0 Å². The van der Waals surface area contributed by atoms with Gasteiger partial charge in [-0.15, -0.1) is 6.58 Å². The number of aliphatic hydroxyl groups excluding tert-OH is 5. The fourth-order valence-electron chi connectivity index (χ4n) is 14.3. The van der Waals surface area contributed by atoms with Crippen LogP contribution in [-0.2, 0) is 33.4 Å². The molecule has 5 N–H and O–H groups in total. The Kier molecular flexibility index (Phi) is 12.8. The number of benzene rings is 1. The minimum atomic E-state index is -4.61. The first-order valence-corrected chi connectivity index (χ1v) is 24.7. The molecule has 7 rings (SSSR count). The van der Waals surface area contributed by atoms with Crippen molar-refractivity contribution in [3.05, 3.63) is 71.9 Å². The van der Waals surface area contributed by atoms with E-state index in [1.807, 2.05) is 60.6 Å². The van der Waals surface area contributed by atoms with E-state index in [-0.39, 0.29) is 41.9 Å². The highest BCUT2D eigenvalue weighted by molar-refractivity contribution is 7.86. The average Bonchev–Trinajstić information content (AvgIpc) is 3.83. The highest BCUT2D eigenvalue weighted by Gasteiger charge is 2.71. The molecule has 6 aliphatic carbocycles. The molecular formula is C51H72O12S. The van der Waals surface area contributed by atoms with Crippen LogP contribution in [0.1, 0.15) is 111 Å². The van der Waals surface area contributed by atoms with Crippen LogP contribution in [0.15, 0.2) is 65.6 Å². The second kappa shape index (κ2) is 16.9. The molecule has 17 atom stereocenters. The van der Waals surface area contributed by atoms with Crippen LogP contribution >= 0.6 is 0 Å². The molecule has 1 aromatic rings. The van der Waals surface area contributed by atoms with Crippen LogP contribution in [0.5, 0.6) is 0 Å². The summed E-state index contributed by atoms with van der Waals surface area (Å²) in [5.41, 5.74) is -2.62. The molecule has 0 amide bonds. The normalized spacial score (nSPS) is 45.3. The predicted octanol–water partition coefficient (Wildman–Crippen LogP) is 6.61. The van der Waals surface area contributed by atoms with E-state index in [0.29, 0.717) is 18.4 Å². The first-order valence-electron chi connectivity index (χ1n) is 23.3. The molecule has 4 bridgehead atoms. The Balaban J connectivity index is 1.27. The van der Waals surface area contributed by atoms with Crippen molar-refractivity contribution in [2.75, 3.05) is 13.2 Å². The van der Waals surface area contributed by atoms with Gasteiger partial charge in [-0.2, -0.15) is 8.42 Å². The Bertz CT molecular complexity index is 2220. The lowest BCUT2D eigenvalue weighted by atomic mass is 9.43. The van der Waals surface area contributed by atoms with Gasteiger partial charge < -0.3 is 35.0 Å². The predicted molar refractivity (Wildman–Crippen MR) is 241 cm³/mol. The van der Waals surface area contributed by atoms with Gasteiger partial charge in [-0.1, -0.05) is 110 Å². The van der Waals surface area contributed by atoms with Gasteiger partial charge in [-0.25, -0.2) is 9.59 Å². The molecule has 354 valence electrons. The zero-order valence-corrected chi connectivity index (χ0v) is 39.9. The summed E-state index contributed by atoms with van der Waals surface area (Å²) in [6, 6.07) is 4.90. The Hall–Kier alpha value is -3.17. The summed E-state index contributed by atoms with van der Waals surface area (Å²) in [4.78, 5) is 25.6. The molecular weight excluding hydrogens is 837 g/mol. The Morgan fingerprint density at radius 2 is 1.45 bits per heavy atom. The summed E-state index contributed by atoms with van der Waals surface area (Å²) in [6.45, 7) is 20.3. The number of esters is 2. The third kappa shape index (κ3) is 7.33. The minimum Gasteiger partial charge on any atom is -0.460 e. The summed E-state index contributed by atoms with van der Waals surface area (Å²) in [5, 5.41) is 56.8. The molecule has 1 aromatic carbocycles. The van der Waals surface area contributed by atoms with E-state index in [4.69, 9.17) is 13.7 Å². The highest BCUT2D eigenvalue weighted by atomic mass is 32.2. The molecule has 64 heavy (non-hydrogen) atoms. The van der Waals surface area contributed by atoms with E-state index in [1.165, 1.54) is 6.07 Å². The van der Waals surface area contributed by atoms with Gasteiger partial charge in [0, 0.05) is 33.0 Å². The van der Waals surface area contributed by atoms with Crippen molar-refractivity contribution in [3.63, 3.8) is 0 Å². The van der Waals surface area contributed by atoms with Crippen molar-refractivity contribution in [1.29, 1.82) is 0 Å². The lowest BCUT2D eigenvalue weighted by Crippen LogP contribution is -2.63. The first kappa shape index (κ1) is 48.8. The SMILES string of the molecule is C=C[C@]1(C)C[C@@H](OC(=O)CO)[C@]2(C)C(C)CC[C@]3(CC(OS(=O)(=O)c4ccc(C)cc4/C=C/[C@]4(C)C[C@@H](OC(=O)CO)[C@@]5(C)C6=CC=C[C@@]6(CCC5C)[C@@H](C)[C@@H]4O)C(O)C32)[C@@H](C)[C@@H]1O. The zero-order valence-electron chi connectivity index (χ0n) is 39.1. The molecule has 0 saturated heterocycles. The van der Waals surface area contributed by atoms with Crippen molar-refractivity contribution >= 4 is 28.1 Å². The van der Waals surface area contributed by atoms with Crippen LogP contribution in [0.2, 0.25) is 0 Å². The number of hydrogen-bond acceptors (Lipinski definition) is 12. The molecule has 0 heterocycles. The Morgan fingerprint density at radius 3 is 2.09 bits per heavy atom. The molecule has 0 aromatic heterocycles. The van der Waals surface area contributed by atoms with E-state index in [2.05, 4.69) is 32.6 Å². The molecule has 5 fully saturated rings. The topological polar surface area (TPSA) is 197 Å². The zero-order chi connectivity index (χ0) is 47.2. The van der Waals surface area contributed by atoms with E-state index >= 15 is 0 Å². The number of aryl methyl sites for hydroxylation is 1. The molecule has 0 spiro atoms. The van der Waals surface area contributed by atoms with Crippen LogP contribution in [0.25, 0.3) is 6.08 Å². The van der Waals surface area contributed by atoms with Crippen LogP contribution in [0.4, 0.5) is 0 Å².